The fourth-order valence-corrected chi connectivity index (χ4v) is 4.19. The summed E-state index contributed by atoms with van der Waals surface area (Å²) in [5, 5.41) is 8.24. The van der Waals surface area contributed by atoms with Crippen molar-refractivity contribution in [3.63, 3.8) is 0 Å². The Bertz CT molecular complexity index is 767. The van der Waals surface area contributed by atoms with Gasteiger partial charge in [-0.15, -0.1) is 0 Å². The van der Waals surface area contributed by atoms with Gasteiger partial charge in [-0.3, -0.25) is 0 Å². The summed E-state index contributed by atoms with van der Waals surface area (Å²) in [4.78, 5) is 14.4. The molecular weight excluding hydrogens is 321 g/mol. The van der Waals surface area contributed by atoms with Crippen molar-refractivity contribution in [1.82, 2.24) is 15.4 Å². The van der Waals surface area contributed by atoms with Crippen LogP contribution in [0.1, 0.15) is 50.6 Å². The fourth-order valence-electron chi connectivity index (χ4n) is 4.19. The molecule has 4 rings (SSSR count). The van der Waals surface area contributed by atoms with Gasteiger partial charge >= 0.3 is 6.03 Å². The van der Waals surface area contributed by atoms with E-state index in [1.807, 2.05) is 4.90 Å². The van der Waals surface area contributed by atoms with Crippen LogP contribution >= 0.6 is 0 Å². The Morgan fingerprint density at radius 1 is 1.28 bits per heavy atom. The molecule has 25 heavy (non-hydrogen) atoms. The van der Waals surface area contributed by atoms with E-state index >= 15 is 0 Å². The second-order valence-electron chi connectivity index (χ2n) is 7.43. The minimum absolute atomic E-state index is 0.0595. The predicted octanol–water partition coefficient (Wildman–Crippen LogP) is 4.04. The number of fused-ring (bicyclic) bond motifs is 1. The summed E-state index contributed by atoms with van der Waals surface area (Å²) in [6.45, 7) is 3.64. The van der Waals surface area contributed by atoms with Crippen molar-refractivity contribution in [2.75, 3.05) is 13.1 Å². The van der Waals surface area contributed by atoms with Gasteiger partial charge in [0.1, 0.15) is 5.82 Å². The molecule has 2 fully saturated rings. The van der Waals surface area contributed by atoms with Gasteiger partial charge in [-0.2, -0.15) is 0 Å². The Labute approximate surface area is 146 Å². The molecule has 0 radical (unpaired) electrons. The summed E-state index contributed by atoms with van der Waals surface area (Å²) in [5.74, 6) is 0.507. The molecule has 6 heteroatoms. The topological polar surface area (TPSA) is 58.4 Å². The molecule has 2 heterocycles. The van der Waals surface area contributed by atoms with Gasteiger partial charge in [0.25, 0.3) is 0 Å². The van der Waals surface area contributed by atoms with Gasteiger partial charge in [0.05, 0.1) is 5.69 Å². The fraction of sp³-hybridized carbons (Fsp3) is 0.579. The summed E-state index contributed by atoms with van der Waals surface area (Å²) in [7, 11) is 0. The van der Waals surface area contributed by atoms with Crippen molar-refractivity contribution in [3.05, 3.63) is 29.7 Å². The maximum Gasteiger partial charge on any atom is 0.317 e. The van der Waals surface area contributed by atoms with E-state index in [2.05, 4.69) is 17.4 Å². The lowest BCUT2D eigenvalue weighted by atomic mass is 9.92. The quantitative estimate of drug-likeness (QED) is 0.893. The number of piperidine rings is 1. The molecule has 5 nitrogen and oxygen atoms in total. The summed E-state index contributed by atoms with van der Waals surface area (Å²) >= 11 is 0. The smallest absolute Gasteiger partial charge is 0.317 e. The third-order valence-electron chi connectivity index (χ3n) is 5.80. The highest BCUT2D eigenvalue weighted by molar-refractivity contribution is 5.80. The Morgan fingerprint density at radius 2 is 2.08 bits per heavy atom. The van der Waals surface area contributed by atoms with Crippen LogP contribution in [0.2, 0.25) is 0 Å². The standard InChI is InChI=1S/C19H24FN3O2/c1-12-3-2-4-16(12)21-19(24)23-9-7-13(8-10-23)18-15-6-5-14(20)11-17(15)25-22-18/h5-6,11-13,16H,2-4,7-10H2,1H3,(H,21,24). The molecule has 2 aromatic rings. The largest absolute Gasteiger partial charge is 0.356 e. The van der Waals surface area contributed by atoms with E-state index in [0.29, 0.717) is 30.6 Å². The highest BCUT2D eigenvalue weighted by atomic mass is 19.1. The number of likely N-dealkylation sites (tertiary alicyclic amines) is 1. The van der Waals surface area contributed by atoms with E-state index in [-0.39, 0.29) is 17.8 Å². The molecule has 134 valence electrons. The summed E-state index contributed by atoms with van der Waals surface area (Å²) in [6.07, 6.45) is 5.20. The average molecular weight is 345 g/mol. The van der Waals surface area contributed by atoms with Gasteiger partial charge in [-0.05, 0) is 43.7 Å². The first-order chi connectivity index (χ1) is 12.1. The molecule has 2 aliphatic rings. The first kappa shape index (κ1) is 16.4. The number of nitrogens with one attached hydrogen (secondary N) is 1. The number of carbonyl (C=O) groups excluding carboxylic acids is 1. The molecule has 1 aromatic heterocycles. The van der Waals surface area contributed by atoms with Crippen LogP contribution in [0, 0.1) is 11.7 Å². The van der Waals surface area contributed by atoms with Crippen LogP contribution < -0.4 is 5.32 Å². The molecule has 2 unspecified atom stereocenters. The zero-order valence-corrected chi connectivity index (χ0v) is 14.5. The van der Waals surface area contributed by atoms with Gasteiger partial charge in [-0.1, -0.05) is 18.5 Å². The molecule has 1 aliphatic carbocycles. The number of carbonyl (C=O) groups is 1. The normalized spacial score (nSPS) is 24.8. The van der Waals surface area contributed by atoms with E-state index < -0.39 is 0 Å². The number of amides is 2. The monoisotopic (exact) mass is 345 g/mol. The first-order valence-corrected chi connectivity index (χ1v) is 9.22. The van der Waals surface area contributed by atoms with Crippen LogP contribution in [0.5, 0.6) is 0 Å². The van der Waals surface area contributed by atoms with Gasteiger partial charge in [0.15, 0.2) is 5.58 Å². The lowest BCUT2D eigenvalue weighted by molar-refractivity contribution is 0.174. The van der Waals surface area contributed by atoms with Crippen LogP contribution in [0.4, 0.5) is 9.18 Å². The van der Waals surface area contributed by atoms with E-state index in [0.717, 1.165) is 30.3 Å². The lowest BCUT2D eigenvalue weighted by Gasteiger charge is -2.32. The number of benzene rings is 1. The number of aromatic nitrogens is 1. The van der Waals surface area contributed by atoms with E-state index in [1.54, 1.807) is 6.07 Å². The van der Waals surface area contributed by atoms with Crippen LogP contribution in [0.15, 0.2) is 22.7 Å². The van der Waals surface area contributed by atoms with Crippen molar-refractivity contribution in [1.29, 1.82) is 0 Å². The molecule has 1 aromatic carbocycles. The van der Waals surface area contributed by atoms with Crippen LogP contribution in [-0.2, 0) is 0 Å². The maximum absolute atomic E-state index is 13.3. The van der Waals surface area contributed by atoms with E-state index in [1.165, 1.54) is 25.0 Å². The third-order valence-corrected chi connectivity index (χ3v) is 5.80. The SMILES string of the molecule is CC1CCCC1NC(=O)N1CCC(c2noc3cc(F)ccc23)CC1. The Morgan fingerprint density at radius 3 is 2.80 bits per heavy atom. The van der Waals surface area contributed by atoms with E-state index in [9.17, 15) is 9.18 Å². The minimum Gasteiger partial charge on any atom is -0.356 e. The van der Waals surface area contributed by atoms with Crippen LogP contribution in [0.25, 0.3) is 11.0 Å². The summed E-state index contributed by atoms with van der Waals surface area (Å²) in [6, 6.07) is 4.92. The van der Waals surface area contributed by atoms with Crippen LogP contribution in [-0.4, -0.2) is 35.2 Å². The molecule has 1 N–H and O–H groups in total. The van der Waals surface area contributed by atoms with Crippen molar-refractivity contribution in [3.8, 4) is 0 Å². The van der Waals surface area contributed by atoms with Gasteiger partial charge < -0.3 is 14.7 Å². The average Bonchev–Trinajstić information content (AvgIpc) is 3.21. The molecule has 0 bridgehead atoms. The minimum atomic E-state index is -0.317. The molecule has 1 saturated heterocycles. The second kappa shape index (κ2) is 6.65. The van der Waals surface area contributed by atoms with Gasteiger partial charge in [0.2, 0.25) is 0 Å². The zero-order chi connectivity index (χ0) is 17.4. The molecule has 0 spiro atoms. The molecular formula is C19H24FN3O2. The number of nitrogens with zero attached hydrogens (tertiary/aromatic N) is 2. The highest BCUT2D eigenvalue weighted by Crippen LogP contribution is 2.33. The third kappa shape index (κ3) is 3.22. The van der Waals surface area contributed by atoms with Crippen molar-refractivity contribution >= 4 is 17.0 Å². The summed E-state index contributed by atoms with van der Waals surface area (Å²) in [5.41, 5.74) is 1.38. The van der Waals surface area contributed by atoms with Gasteiger partial charge in [-0.25, -0.2) is 9.18 Å². The predicted molar refractivity (Wildman–Crippen MR) is 92.8 cm³/mol. The van der Waals surface area contributed by atoms with Crippen LogP contribution in [0.3, 0.4) is 0 Å². The molecule has 1 aliphatic heterocycles. The maximum atomic E-state index is 13.3. The highest BCUT2D eigenvalue weighted by Gasteiger charge is 2.30. The van der Waals surface area contributed by atoms with Crippen molar-refractivity contribution in [2.45, 2.75) is 51.0 Å². The zero-order valence-electron chi connectivity index (χ0n) is 14.5. The first-order valence-electron chi connectivity index (χ1n) is 9.22. The molecule has 1 saturated carbocycles. The second-order valence-corrected chi connectivity index (χ2v) is 7.43. The number of hydrogen-bond acceptors (Lipinski definition) is 3. The Hall–Kier alpha value is -2.11. The molecule has 2 atom stereocenters. The lowest BCUT2D eigenvalue weighted by Crippen LogP contribution is -2.48. The Kier molecular flexibility index (Phi) is 4.36. The summed E-state index contributed by atoms with van der Waals surface area (Å²) < 4.78 is 18.6. The Balaban J connectivity index is 1.38. The van der Waals surface area contributed by atoms with Crippen molar-refractivity contribution < 1.29 is 13.7 Å². The number of rotatable bonds is 2. The number of hydrogen-bond donors (Lipinski definition) is 1. The van der Waals surface area contributed by atoms with Gasteiger partial charge in [0, 0.05) is 36.5 Å². The number of urea groups is 1. The van der Waals surface area contributed by atoms with E-state index in [4.69, 9.17) is 4.52 Å². The van der Waals surface area contributed by atoms with Crippen molar-refractivity contribution in [2.24, 2.45) is 5.92 Å². The molecule has 2 amide bonds. The number of halogens is 1.